The van der Waals surface area contributed by atoms with Gasteiger partial charge in [-0.15, -0.1) is 0 Å². The van der Waals surface area contributed by atoms with Crippen molar-refractivity contribution in [1.82, 2.24) is 15.2 Å². The predicted octanol–water partition coefficient (Wildman–Crippen LogP) is 0.282. The molecule has 19 heavy (non-hydrogen) atoms. The quantitative estimate of drug-likeness (QED) is 0.802. The van der Waals surface area contributed by atoms with E-state index in [0.717, 1.165) is 6.42 Å². The largest absolute Gasteiger partial charge is 0.364 e. The summed E-state index contributed by atoms with van der Waals surface area (Å²) >= 11 is 0. The van der Waals surface area contributed by atoms with E-state index >= 15 is 0 Å². The van der Waals surface area contributed by atoms with Gasteiger partial charge in [-0.25, -0.2) is 0 Å². The lowest BCUT2D eigenvalue weighted by molar-refractivity contribution is -0.121. The van der Waals surface area contributed by atoms with Crippen molar-refractivity contribution < 1.29 is 9.59 Å². The van der Waals surface area contributed by atoms with Crippen molar-refractivity contribution in [2.45, 2.75) is 20.3 Å². The standard InChI is InChI=1S/C13H19N3O3/c1-4-5-14-12(18)8-16(3)13(19)10-7-15-9(2)6-11(10)17/h6-7H,4-5,8H2,1-3H3,(H,14,18)(H,15,17). The van der Waals surface area contributed by atoms with E-state index < -0.39 is 5.91 Å². The lowest BCUT2D eigenvalue weighted by atomic mass is 10.2. The van der Waals surface area contributed by atoms with Gasteiger partial charge in [0.2, 0.25) is 5.91 Å². The first kappa shape index (κ1) is 14.9. The van der Waals surface area contributed by atoms with Gasteiger partial charge in [-0.05, 0) is 13.3 Å². The molecule has 0 aromatic carbocycles. The molecule has 104 valence electrons. The predicted molar refractivity (Wildman–Crippen MR) is 72.1 cm³/mol. The Morgan fingerprint density at radius 3 is 2.68 bits per heavy atom. The van der Waals surface area contributed by atoms with Gasteiger partial charge in [0.1, 0.15) is 5.56 Å². The molecule has 1 heterocycles. The average molecular weight is 265 g/mol. The Bertz CT molecular complexity index is 522. The Kier molecular flexibility index (Phi) is 5.29. The normalized spacial score (nSPS) is 10.1. The first-order chi connectivity index (χ1) is 8.95. The average Bonchev–Trinajstić information content (AvgIpc) is 2.35. The van der Waals surface area contributed by atoms with Crippen molar-refractivity contribution in [3.05, 3.63) is 33.7 Å². The number of carbonyl (C=O) groups excluding carboxylic acids is 2. The minimum atomic E-state index is -0.465. The number of aromatic nitrogens is 1. The third-order valence-corrected chi connectivity index (χ3v) is 2.59. The second-order valence-corrected chi connectivity index (χ2v) is 4.41. The number of pyridine rings is 1. The van der Waals surface area contributed by atoms with Crippen LogP contribution in [-0.4, -0.2) is 41.8 Å². The molecule has 0 bridgehead atoms. The molecule has 2 N–H and O–H groups in total. The Morgan fingerprint density at radius 2 is 2.11 bits per heavy atom. The number of hydrogen-bond donors (Lipinski definition) is 2. The van der Waals surface area contributed by atoms with Crippen molar-refractivity contribution in [3.8, 4) is 0 Å². The van der Waals surface area contributed by atoms with E-state index in [1.165, 1.54) is 24.2 Å². The molecule has 2 amide bonds. The molecule has 0 fully saturated rings. The van der Waals surface area contributed by atoms with Gasteiger partial charge in [-0.1, -0.05) is 6.92 Å². The Hall–Kier alpha value is -2.11. The number of H-pyrrole nitrogens is 1. The zero-order chi connectivity index (χ0) is 14.4. The number of likely N-dealkylation sites (N-methyl/N-ethyl adjacent to an activating group) is 1. The van der Waals surface area contributed by atoms with Gasteiger partial charge in [0.25, 0.3) is 5.91 Å². The number of aromatic amines is 1. The molecule has 0 aliphatic carbocycles. The minimum absolute atomic E-state index is 0.0383. The molecule has 0 aliphatic heterocycles. The van der Waals surface area contributed by atoms with Crippen molar-refractivity contribution in [3.63, 3.8) is 0 Å². The number of rotatable bonds is 5. The van der Waals surface area contributed by atoms with Crippen LogP contribution in [0.5, 0.6) is 0 Å². The van der Waals surface area contributed by atoms with Crippen LogP contribution >= 0.6 is 0 Å². The summed E-state index contributed by atoms with van der Waals surface area (Å²) < 4.78 is 0. The van der Waals surface area contributed by atoms with Gasteiger partial charge in [-0.2, -0.15) is 0 Å². The van der Waals surface area contributed by atoms with E-state index in [0.29, 0.717) is 12.2 Å². The number of nitrogens with one attached hydrogen (secondary N) is 2. The van der Waals surface area contributed by atoms with E-state index in [-0.39, 0.29) is 23.4 Å². The number of amides is 2. The van der Waals surface area contributed by atoms with E-state index in [9.17, 15) is 14.4 Å². The lowest BCUT2D eigenvalue weighted by Gasteiger charge is -2.16. The first-order valence-corrected chi connectivity index (χ1v) is 6.17. The Labute approximate surface area is 111 Å². The monoisotopic (exact) mass is 265 g/mol. The molecule has 1 rings (SSSR count). The number of carbonyl (C=O) groups is 2. The Balaban J connectivity index is 2.71. The second kappa shape index (κ2) is 6.72. The number of aryl methyl sites for hydroxylation is 1. The highest BCUT2D eigenvalue weighted by atomic mass is 16.2. The first-order valence-electron chi connectivity index (χ1n) is 6.17. The molecule has 0 radical (unpaired) electrons. The third kappa shape index (κ3) is 4.24. The highest BCUT2D eigenvalue weighted by molar-refractivity contribution is 5.95. The lowest BCUT2D eigenvalue weighted by Crippen LogP contribution is -2.40. The minimum Gasteiger partial charge on any atom is -0.364 e. The molecule has 0 unspecified atom stereocenters. The maximum atomic E-state index is 12.0. The van der Waals surface area contributed by atoms with E-state index in [1.54, 1.807) is 6.92 Å². The zero-order valence-electron chi connectivity index (χ0n) is 11.4. The van der Waals surface area contributed by atoms with Crippen LogP contribution in [0, 0.1) is 6.92 Å². The fourth-order valence-corrected chi connectivity index (χ4v) is 1.55. The zero-order valence-corrected chi connectivity index (χ0v) is 11.4. The third-order valence-electron chi connectivity index (χ3n) is 2.59. The topological polar surface area (TPSA) is 82.3 Å². The van der Waals surface area contributed by atoms with Gasteiger partial charge >= 0.3 is 0 Å². The number of hydrogen-bond acceptors (Lipinski definition) is 3. The summed E-state index contributed by atoms with van der Waals surface area (Å²) in [5.41, 5.74) is 0.378. The van der Waals surface area contributed by atoms with Crippen LogP contribution in [0.25, 0.3) is 0 Å². The van der Waals surface area contributed by atoms with Crippen LogP contribution in [0.3, 0.4) is 0 Å². The van der Waals surface area contributed by atoms with Crippen LogP contribution in [-0.2, 0) is 4.79 Å². The van der Waals surface area contributed by atoms with Gasteiger partial charge in [0, 0.05) is 31.5 Å². The van der Waals surface area contributed by atoms with E-state index in [2.05, 4.69) is 10.3 Å². The van der Waals surface area contributed by atoms with Crippen molar-refractivity contribution in [2.24, 2.45) is 0 Å². The second-order valence-electron chi connectivity index (χ2n) is 4.41. The van der Waals surface area contributed by atoms with Gasteiger partial charge in [-0.3, -0.25) is 14.4 Å². The van der Waals surface area contributed by atoms with Crippen LogP contribution in [0.4, 0.5) is 0 Å². The van der Waals surface area contributed by atoms with Crippen molar-refractivity contribution >= 4 is 11.8 Å². The van der Waals surface area contributed by atoms with Crippen LogP contribution in [0.1, 0.15) is 29.4 Å². The van der Waals surface area contributed by atoms with Crippen LogP contribution in [0.15, 0.2) is 17.1 Å². The van der Waals surface area contributed by atoms with Gasteiger partial charge in [0.05, 0.1) is 6.54 Å². The molecule has 6 heteroatoms. The summed E-state index contributed by atoms with van der Waals surface area (Å²) in [6, 6.07) is 1.36. The van der Waals surface area contributed by atoms with Crippen molar-refractivity contribution in [1.29, 1.82) is 0 Å². The SMILES string of the molecule is CCCNC(=O)CN(C)C(=O)c1c[nH]c(C)cc1=O. The summed E-state index contributed by atoms with van der Waals surface area (Å²) in [5.74, 6) is -0.700. The van der Waals surface area contributed by atoms with E-state index in [4.69, 9.17) is 0 Å². The molecule has 6 nitrogen and oxygen atoms in total. The summed E-state index contributed by atoms with van der Waals surface area (Å²) in [7, 11) is 1.49. The summed E-state index contributed by atoms with van der Waals surface area (Å²) in [6.07, 6.45) is 2.21. The molecule has 1 aromatic rings. The smallest absolute Gasteiger partial charge is 0.259 e. The van der Waals surface area contributed by atoms with Gasteiger partial charge < -0.3 is 15.2 Å². The highest BCUT2D eigenvalue weighted by Crippen LogP contribution is 1.97. The summed E-state index contributed by atoms with van der Waals surface area (Å²) in [6.45, 7) is 4.19. The summed E-state index contributed by atoms with van der Waals surface area (Å²) in [5, 5.41) is 2.67. The molecule has 1 aromatic heterocycles. The van der Waals surface area contributed by atoms with Crippen molar-refractivity contribution in [2.75, 3.05) is 20.1 Å². The molecular weight excluding hydrogens is 246 g/mol. The molecule has 0 saturated heterocycles. The molecule has 0 atom stereocenters. The molecule has 0 aliphatic rings. The molecular formula is C13H19N3O3. The van der Waals surface area contributed by atoms with Crippen LogP contribution in [0.2, 0.25) is 0 Å². The molecule has 0 saturated carbocycles. The van der Waals surface area contributed by atoms with Crippen LogP contribution < -0.4 is 10.7 Å². The summed E-state index contributed by atoms with van der Waals surface area (Å²) in [4.78, 5) is 39.2. The fraction of sp³-hybridized carbons (Fsp3) is 0.462. The Morgan fingerprint density at radius 1 is 1.42 bits per heavy atom. The fourth-order valence-electron chi connectivity index (χ4n) is 1.55. The highest BCUT2D eigenvalue weighted by Gasteiger charge is 2.17. The number of nitrogens with zero attached hydrogens (tertiary/aromatic N) is 1. The van der Waals surface area contributed by atoms with Gasteiger partial charge in [0.15, 0.2) is 5.43 Å². The molecule has 0 spiro atoms. The van der Waals surface area contributed by atoms with E-state index in [1.807, 2.05) is 6.92 Å². The maximum absolute atomic E-state index is 12.0. The maximum Gasteiger partial charge on any atom is 0.259 e.